The van der Waals surface area contributed by atoms with E-state index in [1.165, 1.54) is 53.2 Å². The maximum absolute atomic E-state index is 13.5. The molecule has 0 radical (unpaired) electrons. The van der Waals surface area contributed by atoms with Crippen LogP contribution in [-0.2, 0) is 37.1 Å². The van der Waals surface area contributed by atoms with Gasteiger partial charge in [-0.25, -0.2) is 8.42 Å². The number of fused-ring (bicyclic) bond motifs is 1. The summed E-state index contributed by atoms with van der Waals surface area (Å²) >= 11 is -2.63. The number of hydrogen-bond donors (Lipinski definition) is 0. The van der Waals surface area contributed by atoms with Gasteiger partial charge in [0.15, 0.2) is 22.2 Å². The van der Waals surface area contributed by atoms with Crippen LogP contribution in [-0.4, -0.2) is 45.0 Å². The molecule has 1 aliphatic heterocycles. The lowest BCUT2D eigenvalue weighted by molar-refractivity contribution is 0.0717. The van der Waals surface area contributed by atoms with Gasteiger partial charge in [0, 0.05) is 12.1 Å². The molecule has 1 amide bonds. The van der Waals surface area contributed by atoms with Gasteiger partial charge < -0.3 is 4.90 Å². The van der Waals surface area contributed by atoms with Gasteiger partial charge in [-0.05, 0) is 123 Å². The van der Waals surface area contributed by atoms with E-state index in [-0.39, 0.29) is 23.6 Å². The number of hydrogen-bond acceptors (Lipinski definition) is 5. The fraction of sp³-hybridized carbons (Fsp3) is 0.457. The Kier molecular flexibility index (Phi) is 12.1. The van der Waals surface area contributed by atoms with Gasteiger partial charge in [0.25, 0.3) is 5.91 Å². The summed E-state index contributed by atoms with van der Waals surface area (Å²) in [7, 11) is 2.92. The van der Waals surface area contributed by atoms with Gasteiger partial charge in [0.05, 0.1) is 31.8 Å². The molecule has 234 valence electrons. The Morgan fingerprint density at radius 2 is 1.19 bits per heavy atom. The highest BCUT2D eigenvalue weighted by Gasteiger charge is 2.37. The molecule has 0 fully saturated rings. The summed E-state index contributed by atoms with van der Waals surface area (Å²) in [5.74, 6) is 1.11. The zero-order valence-corrected chi connectivity index (χ0v) is 29.2. The molecule has 0 saturated heterocycles. The van der Waals surface area contributed by atoms with Gasteiger partial charge in [-0.2, -0.15) is 0 Å². The van der Waals surface area contributed by atoms with Crippen molar-refractivity contribution in [1.29, 1.82) is 0 Å². The van der Waals surface area contributed by atoms with E-state index in [1.807, 2.05) is 17.9 Å². The standard InChI is InChI=1S/C23H29NO3S.C12H18O2S/c1-13-8-9-19(10-14(13)2)21(12-28(26)27-7)24-11-20-17(5)15(3)16(4)18(6)22(20)23(24)25;1-9-5-6-12(7-10(9)2)11(3)8-15(13)14-4/h8-10,21H,11-12H2,1-7H3;5-7,11H,8H2,1-4H3. The Labute approximate surface area is 263 Å². The van der Waals surface area contributed by atoms with Gasteiger partial charge in [-0.1, -0.05) is 43.3 Å². The minimum absolute atomic E-state index is 0.0232. The van der Waals surface area contributed by atoms with Crippen molar-refractivity contribution < 1.29 is 21.6 Å². The van der Waals surface area contributed by atoms with Crippen molar-refractivity contribution in [3.05, 3.63) is 103 Å². The summed E-state index contributed by atoms with van der Waals surface area (Å²) in [6.07, 6.45) is 0. The van der Waals surface area contributed by atoms with E-state index in [2.05, 4.69) is 85.7 Å². The lowest BCUT2D eigenvalue weighted by Crippen LogP contribution is -2.33. The molecule has 0 aliphatic carbocycles. The van der Waals surface area contributed by atoms with Gasteiger partial charge in [0.1, 0.15) is 0 Å². The fourth-order valence-electron chi connectivity index (χ4n) is 5.49. The molecule has 0 aromatic heterocycles. The molecule has 0 bridgehead atoms. The summed E-state index contributed by atoms with van der Waals surface area (Å²) in [5, 5.41) is 0. The molecule has 0 N–H and O–H groups in total. The molecule has 1 aliphatic rings. The second-order valence-electron chi connectivity index (χ2n) is 11.7. The van der Waals surface area contributed by atoms with Crippen LogP contribution in [0, 0.1) is 55.4 Å². The molecule has 0 spiro atoms. The lowest BCUT2D eigenvalue weighted by atomic mass is 9.90. The van der Waals surface area contributed by atoms with Crippen LogP contribution in [0.15, 0.2) is 36.4 Å². The van der Waals surface area contributed by atoms with Crippen molar-refractivity contribution in [2.24, 2.45) is 0 Å². The third-order valence-electron chi connectivity index (χ3n) is 9.06. The van der Waals surface area contributed by atoms with Gasteiger partial charge in [-0.3, -0.25) is 13.2 Å². The zero-order chi connectivity index (χ0) is 32.2. The summed E-state index contributed by atoms with van der Waals surface area (Å²) in [5.41, 5.74) is 13.7. The predicted molar refractivity (Wildman–Crippen MR) is 178 cm³/mol. The highest BCUT2D eigenvalue weighted by molar-refractivity contribution is 7.80. The molecule has 3 aromatic carbocycles. The Morgan fingerprint density at radius 1 is 0.698 bits per heavy atom. The first-order chi connectivity index (χ1) is 20.2. The first-order valence-electron chi connectivity index (χ1n) is 14.6. The maximum atomic E-state index is 13.5. The smallest absolute Gasteiger partial charge is 0.255 e. The average Bonchev–Trinajstić information content (AvgIpc) is 3.33. The molecular formula is C35H47NO5S2. The van der Waals surface area contributed by atoms with Crippen molar-refractivity contribution in [2.45, 2.75) is 80.8 Å². The highest BCUT2D eigenvalue weighted by Crippen LogP contribution is 2.38. The molecule has 8 heteroatoms. The first-order valence-corrected chi connectivity index (χ1v) is 17.1. The number of aryl methyl sites for hydroxylation is 4. The van der Waals surface area contributed by atoms with Crippen molar-refractivity contribution in [1.82, 2.24) is 4.90 Å². The van der Waals surface area contributed by atoms with Crippen LogP contribution >= 0.6 is 0 Å². The van der Waals surface area contributed by atoms with Crippen molar-refractivity contribution in [3.8, 4) is 0 Å². The molecule has 4 rings (SSSR count). The monoisotopic (exact) mass is 625 g/mol. The minimum Gasteiger partial charge on any atom is -0.326 e. The normalized spacial score (nSPS) is 15.4. The highest BCUT2D eigenvalue weighted by atomic mass is 32.2. The number of carbonyl (C=O) groups excluding carboxylic acids is 1. The van der Waals surface area contributed by atoms with Crippen LogP contribution in [0.25, 0.3) is 0 Å². The van der Waals surface area contributed by atoms with Crippen LogP contribution < -0.4 is 0 Å². The van der Waals surface area contributed by atoms with Crippen LogP contribution in [0.3, 0.4) is 0 Å². The topological polar surface area (TPSA) is 72.9 Å². The molecule has 3 aromatic rings. The summed E-state index contributed by atoms with van der Waals surface area (Å²) in [6.45, 7) is 19.2. The van der Waals surface area contributed by atoms with Crippen LogP contribution in [0.5, 0.6) is 0 Å². The number of benzene rings is 3. The van der Waals surface area contributed by atoms with E-state index < -0.39 is 22.2 Å². The molecule has 43 heavy (non-hydrogen) atoms. The van der Waals surface area contributed by atoms with Crippen molar-refractivity contribution in [2.75, 3.05) is 25.7 Å². The van der Waals surface area contributed by atoms with E-state index >= 15 is 0 Å². The Bertz CT molecular complexity index is 1550. The molecule has 1 heterocycles. The predicted octanol–water partition coefficient (Wildman–Crippen LogP) is 7.26. The van der Waals surface area contributed by atoms with Gasteiger partial charge in [-0.15, -0.1) is 0 Å². The second-order valence-corrected chi connectivity index (χ2v) is 14.2. The summed E-state index contributed by atoms with van der Waals surface area (Å²) < 4.78 is 33.3. The average molecular weight is 626 g/mol. The van der Waals surface area contributed by atoms with Crippen LogP contribution in [0.4, 0.5) is 0 Å². The van der Waals surface area contributed by atoms with Crippen LogP contribution in [0.2, 0.25) is 0 Å². The molecule has 0 saturated carbocycles. The molecule has 6 nitrogen and oxygen atoms in total. The maximum Gasteiger partial charge on any atom is 0.255 e. The SMILES string of the molecule is COS(=O)CC(C)c1ccc(C)c(C)c1.COS(=O)CC(c1ccc(C)c(C)c1)N1Cc2c(C)c(C)c(C)c(C)c2C1=O. The van der Waals surface area contributed by atoms with Gasteiger partial charge in [0.2, 0.25) is 0 Å². The number of amides is 1. The number of rotatable bonds is 9. The Hall–Kier alpha value is -2.65. The fourth-order valence-corrected chi connectivity index (χ4v) is 6.99. The summed E-state index contributed by atoms with van der Waals surface area (Å²) in [6, 6.07) is 12.3. The van der Waals surface area contributed by atoms with E-state index in [4.69, 9.17) is 8.37 Å². The second kappa shape index (κ2) is 14.9. The molecule has 4 unspecified atom stereocenters. The number of nitrogens with zero attached hydrogens (tertiary/aromatic N) is 1. The Balaban J connectivity index is 0.000000285. The minimum atomic E-state index is -1.46. The van der Waals surface area contributed by atoms with E-state index in [0.29, 0.717) is 12.3 Å². The largest absolute Gasteiger partial charge is 0.326 e. The molecule has 4 atom stereocenters. The zero-order valence-electron chi connectivity index (χ0n) is 27.5. The van der Waals surface area contributed by atoms with Crippen molar-refractivity contribution >= 4 is 28.1 Å². The third-order valence-corrected chi connectivity index (χ3v) is 11.2. The third kappa shape index (κ3) is 7.90. The number of carbonyl (C=O) groups is 1. The Morgan fingerprint density at radius 3 is 1.72 bits per heavy atom. The van der Waals surface area contributed by atoms with E-state index in [9.17, 15) is 13.2 Å². The van der Waals surface area contributed by atoms with Crippen molar-refractivity contribution in [3.63, 3.8) is 0 Å². The molecular weight excluding hydrogens is 579 g/mol. The van der Waals surface area contributed by atoms with E-state index in [0.717, 1.165) is 27.8 Å². The van der Waals surface area contributed by atoms with E-state index in [1.54, 1.807) is 0 Å². The quantitative estimate of drug-likeness (QED) is 0.250. The lowest BCUT2D eigenvalue weighted by Gasteiger charge is -2.28. The summed E-state index contributed by atoms with van der Waals surface area (Å²) in [4.78, 5) is 15.3. The first kappa shape index (κ1) is 34.8. The van der Waals surface area contributed by atoms with Crippen LogP contribution in [0.1, 0.15) is 90.4 Å². The van der Waals surface area contributed by atoms with Gasteiger partial charge >= 0.3 is 0 Å².